The summed E-state index contributed by atoms with van der Waals surface area (Å²) < 4.78 is 42.4. The van der Waals surface area contributed by atoms with Gasteiger partial charge in [0, 0.05) is 13.0 Å². The highest BCUT2D eigenvalue weighted by Gasteiger charge is 2.40. The maximum Gasteiger partial charge on any atom is 0.406 e. The van der Waals surface area contributed by atoms with Crippen LogP contribution in [-0.2, 0) is 9.59 Å². The number of alkyl halides is 3. The van der Waals surface area contributed by atoms with E-state index in [4.69, 9.17) is 4.42 Å². The van der Waals surface area contributed by atoms with Gasteiger partial charge >= 0.3 is 6.18 Å². The van der Waals surface area contributed by atoms with Crippen LogP contribution in [0.15, 0.2) is 16.5 Å². The van der Waals surface area contributed by atoms with E-state index in [9.17, 15) is 22.8 Å². The van der Waals surface area contributed by atoms with Crippen LogP contribution in [0.1, 0.15) is 30.9 Å². The summed E-state index contributed by atoms with van der Waals surface area (Å²) in [6, 6.07) is 3.06. The lowest BCUT2D eigenvalue weighted by Crippen LogP contribution is -2.37. The number of likely N-dealkylation sites (tertiary alicyclic amines) is 1. The van der Waals surface area contributed by atoms with Crippen LogP contribution in [0.5, 0.6) is 0 Å². The third-order valence-electron chi connectivity index (χ3n) is 3.50. The van der Waals surface area contributed by atoms with E-state index in [1.807, 2.05) is 0 Å². The first-order chi connectivity index (χ1) is 10.2. The van der Waals surface area contributed by atoms with E-state index in [-0.39, 0.29) is 13.0 Å². The highest BCUT2D eigenvalue weighted by atomic mass is 19.4. The van der Waals surface area contributed by atoms with Crippen molar-refractivity contribution in [3.8, 4) is 0 Å². The number of carbonyl (C=O) groups excluding carboxylic acids is 2. The first kappa shape index (κ1) is 16.4. The van der Waals surface area contributed by atoms with Crippen LogP contribution in [0.2, 0.25) is 0 Å². The van der Waals surface area contributed by atoms with Crippen molar-refractivity contribution in [2.24, 2.45) is 5.92 Å². The van der Waals surface area contributed by atoms with E-state index in [0.29, 0.717) is 16.4 Å². The van der Waals surface area contributed by atoms with Gasteiger partial charge < -0.3 is 14.6 Å². The summed E-state index contributed by atoms with van der Waals surface area (Å²) >= 11 is 0. The smallest absolute Gasteiger partial charge is 0.406 e. The summed E-state index contributed by atoms with van der Waals surface area (Å²) in [7, 11) is 0. The second-order valence-electron chi connectivity index (χ2n) is 5.47. The third-order valence-corrected chi connectivity index (χ3v) is 3.50. The van der Waals surface area contributed by atoms with Gasteiger partial charge in [-0.2, -0.15) is 13.2 Å². The molecule has 22 heavy (non-hydrogen) atoms. The average Bonchev–Trinajstić information content (AvgIpc) is 2.95. The largest absolute Gasteiger partial charge is 0.464 e. The molecule has 122 valence electrons. The van der Waals surface area contributed by atoms with Crippen molar-refractivity contribution >= 4 is 11.8 Å². The number of amides is 2. The molecule has 2 rings (SSSR count). The Hall–Kier alpha value is -1.99. The lowest BCUT2D eigenvalue weighted by molar-refractivity contribution is -0.157. The maximum atomic E-state index is 12.3. The number of aryl methyl sites for hydroxylation is 1. The Kier molecular flexibility index (Phi) is 4.48. The van der Waals surface area contributed by atoms with E-state index in [0.717, 1.165) is 0 Å². The predicted molar refractivity (Wildman–Crippen MR) is 70.7 cm³/mol. The van der Waals surface area contributed by atoms with Gasteiger partial charge in [-0.05, 0) is 26.0 Å². The van der Waals surface area contributed by atoms with Crippen LogP contribution in [0.3, 0.4) is 0 Å². The fraction of sp³-hybridized carbons (Fsp3) is 0.571. The number of furan rings is 1. The van der Waals surface area contributed by atoms with Crippen molar-refractivity contribution < 1.29 is 27.2 Å². The summed E-state index contributed by atoms with van der Waals surface area (Å²) in [5.41, 5.74) is 0. The highest BCUT2D eigenvalue weighted by molar-refractivity contribution is 5.89. The molecule has 2 heterocycles. The van der Waals surface area contributed by atoms with E-state index in [2.05, 4.69) is 5.32 Å². The van der Waals surface area contributed by atoms with Crippen LogP contribution < -0.4 is 5.32 Å². The second kappa shape index (κ2) is 6.02. The summed E-state index contributed by atoms with van der Waals surface area (Å²) in [6.07, 6.45) is -4.66. The first-order valence-corrected chi connectivity index (χ1v) is 6.87. The molecule has 1 fully saturated rings. The van der Waals surface area contributed by atoms with Crippen molar-refractivity contribution in [2.75, 3.05) is 13.1 Å². The van der Waals surface area contributed by atoms with Crippen LogP contribution in [0, 0.1) is 12.8 Å². The van der Waals surface area contributed by atoms with E-state index < -0.39 is 36.5 Å². The zero-order chi connectivity index (χ0) is 16.5. The standard InChI is InChI=1S/C14H17F3N2O3/c1-8-3-4-11(22-8)9(2)18-13(21)10-5-12(20)19(6-10)7-14(15,16)17/h3-4,9-10H,5-7H2,1-2H3,(H,18,21). The van der Waals surface area contributed by atoms with Crippen LogP contribution in [-0.4, -0.2) is 36.0 Å². The summed E-state index contributed by atoms with van der Waals surface area (Å²) in [5.74, 6) is -0.613. The molecule has 1 aromatic heterocycles. The normalized spacial score (nSPS) is 20.3. The molecule has 8 heteroatoms. The Morgan fingerprint density at radius 3 is 2.73 bits per heavy atom. The number of nitrogens with one attached hydrogen (secondary N) is 1. The number of halogens is 3. The highest BCUT2D eigenvalue weighted by Crippen LogP contribution is 2.25. The van der Waals surface area contributed by atoms with Gasteiger partial charge in [0.25, 0.3) is 0 Å². The number of hydrogen-bond donors (Lipinski definition) is 1. The zero-order valence-corrected chi connectivity index (χ0v) is 12.2. The van der Waals surface area contributed by atoms with Gasteiger partial charge in [-0.1, -0.05) is 0 Å². The SMILES string of the molecule is Cc1ccc(C(C)NC(=O)C2CC(=O)N(CC(F)(F)F)C2)o1. The minimum Gasteiger partial charge on any atom is -0.464 e. The van der Waals surface area contributed by atoms with E-state index >= 15 is 0 Å². The molecule has 1 aliphatic heterocycles. The number of carbonyl (C=O) groups is 2. The molecule has 1 saturated heterocycles. The van der Waals surface area contributed by atoms with Crippen LogP contribution in [0.25, 0.3) is 0 Å². The van der Waals surface area contributed by atoms with Crippen molar-refractivity contribution in [2.45, 2.75) is 32.5 Å². The van der Waals surface area contributed by atoms with Gasteiger partial charge in [0.15, 0.2) is 0 Å². The van der Waals surface area contributed by atoms with Gasteiger partial charge in [0.2, 0.25) is 11.8 Å². The lowest BCUT2D eigenvalue weighted by atomic mass is 10.1. The molecule has 0 aliphatic carbocycles. The Labute approximate surface area is 125 Å². The number of rotatable bonds is 4. The fourth-order valence-corrected chi connectivity index (χ4v) is 2.41. The van der Waals surface area contributed by atoms with Crippen molar-refractivity contribution in [1.29, 1.82) is 0 Å². The fourth-order valence-electron chi connectivity index (χ4n) is 2.41. The number of hydrogen-bond acceptors (Lipinski definition) is 3. The molecule has 5 nitrogen and oxygen atoms in total. The third kappa shape index (κ3) is 4.02. The number of nitrogens with zero attached hydrogens (tertiary/aromatic N) is 1. The molecule has 1 aromatic rings. The van der Waals surface area contributed by atoms with Gasteiger partial charge in [-0.15, -0.1) is 0 Å². The Balaban J connectivity index is 1.92. The second-order valence-corrected chi connectivity index (χ2v) is 5.47. The zero-order valence-electron chi connectivity index (χ0n) is 12.2. The summed E-state index contributed by atoms with van der Waals surface area (Å²) in [4.78, 5) is 24.3. The molecule has 2 atom stereocenters. The van der Waals surface area contributed by atoms with Gasteiger partial charge in [0.1, 0.15) is 18.1 Å². The van der Waals surface area contributed by atoms with Crippen molar-refractivity contribution in [3.63, 3.8) is 0 Å². The average molecular weight is 318 g/mol. The molecule has 2 unspecified atom stereocenters. The molecule has 0 bridgehead atoms. The van der Waals surface area contributed by atoms with E-state index in [1.54, 1.807) is 26.0 Å². The van der Waals surface area contributed by atoms with Gasteiger partial charge in [0.05, 0.1) is 12.0 Å². The molecule has 2 amide bonds. The van der Waals surface area contributed by atoms with Crippen LogP contribution in [0.4, 0.5) is 13.2 Å². The molecule has 0 radical (unpaired) electrons. The Morgan fingerprint density at radius 2 is 2.18 bits per heavy atom. The van der Waals surface area contributed by atoms with Gasteiger partial charge in [-0.3, -0.25) is 9.59 Å². The molecular weight excluding hydrogens is 301 g/mol. The molecule has 1 N–H and O–H groups in total. The predicted octanol–water partition coefficient (Wildman–Crippen LogP) is 2.18. The Morgan fingerprint density at radius 1 is 1.50 bits per heavy atom. The van der Waals surface area contributed by atoms with Crippen molar-refractivity contribution in [1.82, 2.24) is 10.2 Å². The molecule has 1 aliphatic rings. The molecule has 0 spiro atoms. The molecule has 0 aromatic carbocycles. The minimum atomic E-state index is -4.46. The monoisotopic (exact) mass is 318 g/mol. The van der Waals surface area contributed by atoms with Crippen molar-refractivity contribution in [3.05, 3.63) is 23.7 Å². The van der Waals surface area contributed by atoms with E-state index in [1.165, 1.54) is 0 Å². The minimum absolute atomic E-state index is 0.203. The van der Waals surface area contributed by atoms with Gasteiger partial charge in [-0.25, -0.2) is 0 Å². The van der Waals surface area contributed by atoms with Crippen LogP contribution >= 0.6 is 0 Å². The quantitative estimate of drug-likeness (QED) is 0.925. The maximum absolute atomic E-state index is 12.3. The summed E-state index contributed by atoms with van der Waals surface area (Å²) in [6.45, 7) is 1.94. The molecular formula is C14H17F3N2O3. The lowest BCUT2D eigenvalue weighted by Gasteiger charge is -2.19. The summed E-state index contributed by atoms with van der Waals surface area (Å²) in [5, 5.41) is 2.66. The first-order valence-electron chi connectivity index (χ1n) is 6.87. The Bertz CT molecular complexity index is 568. The molecule has 0 saturated carbocycles. The topological polar surface area (TPSA) is 62.6 Å².